The summed E-state index contributed by atoms with van der Waals surface area (Å²) in [4.78, 5) is 70.4. The zero-order valence-electron chi connectivity index (χ0n) is 40.1. The largest absolute Gasteiger partial charge is 0.384 e. The van der Waals surface area contributed by atoms with E-state index < -0.39 is 11.9 Å². The Morgan fingerprint density at radius 1 is 0.824 bits per heavy atom. The number of nitrogen functional groups attached to an aromatic ring is 1. The Hall–Kier alpha value is -6.16. The van der Waals surface area contributed by atoms with Gasteiger partial charge in [-0.1, -0.05) is 18.2 Å². The maximum absolute atomic E-state index is 13.8. The van der Waals surface area contributed by atoms with Crippen molar-refractivity contribution in [3.63, 3.8) is 0 Å². The summed E-state index contributed by atoms with van der Waals surface area (Å²) in [5, 5.41) is 3.51. The molecule has 6 aromatic rings. The number of nitrogens with zero attached hydrogens (tertiary/aromatic N) is 9. The number of rotatable bonds is 10. The lowest BCUT2D eigenvalue weighted by Gasteiger charge is -2.46. The van der Waals surface area contributed by atoms with Gasteiger partial charge in [-0.15, -0.1) is 0 Å². The number of aromatic nitrogens is 5. The van der Waals surface area contributed by atoms with Crippen molar-refractivity contribution in [3.05, 3.63) is 112 Å². The minimum Gasteiger partial charge on any atom is -0.384 e. The Balaban J connectivity index is 0.690. The molecule has 1 unspecified atom stereocenters. The van der Waals surface area contributed by atoms with Crippen LogP contribution in [-0.4, -0.2) is 119 Å². The minimum absolute atomic E-state index is 0.139. The molecule has 3 amide bonds. The highest BCUT2D eigenvalue weighted by Crippen LogP contribution is 2.37. The van der Waals surface area contributed by atoms with Crippen LogP contribution in [0, 0.1) is 5.92 Å². The second kappa shape index (κ2) is 18.7. The van der Waals surface area contributed by atoms with Gasteiger partial charge in [-0.3, -0.25) is 43.5 Å². The molecular weight excluding hydrogens is 855 g/mol. The van der Waals surface area contributed by atoms with Crippen molar-refractivity contribution in [2.45, 2.75) is 95.9 Å². The van der Waals surface area contributed by atoms with Crippen molar-refractivity contribution >= 4 is 45.6 Å². The molecule has 0 spiro atoms. The van der Waals surface area contributed by atoms with Crippen LogP contribution in [0.4, 0.5) is 5.82 Å². The summed E-state index contributed by atoms with van der Waals surface area (Å²) in [7, 11) is 3.86. The number of imide groups is 1. The zero-order chi connectivity index (χ0) is 47.4. The first-order chi connectivity index (χ1) is 32.8. The van der Waals surface area contributed by atoms with Gasteiger partial charge in [0.05, 0.1) is 11.0 Å². The van der Waals surface area contributed by atoms with E-state index in [1.165, 1.54) is 15.8 Å². The van der Waals surface area contributed by atoms with Crippen molar-refractivity contribution in [2.24, 2.45) is 20.0 Å². The predicted molar refractivity (Wildman–Crippen MR) is 265 cm³/mol. The number of amides is 3. The molecule has 0 aliphatic carbocycles. The number of benzene rings is 2. The molecule has 0 saturated carbocycles. The maximum atomic E-state index is 13.8. The van der Waals surface area contributed by atoms with Gasteiger partial charge >= 0.3 is 5.69 Å². The van der Waals surface area contributed by atoms with Crippen LogP contribution in [0.3, 0.4) is 0 Å². The first-order valence-electron chi connectivity index (χ1n) is 24.6. The van der Waals surface area contributed by atoms with Gasteiger partial charge in [0, 0.05) is 113 Å². The van der Waals surface area contributed by atoms with E-state index in [0.29, 0.717) is 41.7 Å². The topological polar surface area (TPSA) is 160 Å². The third kappa shape index (κ3) is 8.75. The van der Waals surface area contributed by atoms with Crippen molar-refractivity contribution in [3.8, 4) is 11.1 Å². The van der Waals surface area contributed by atoms with Gasteiger partial charge in [0.15, 0.2) is 0 Å². The molecule has 0 radical (unpaired) electrons. The second-order valence-electron chi connectivity index (χ2n) is 20.1. The van der Waals surface area contributed by atoms with Crippen molar-refractivity contribution in [1.82, 2.24) is 48.6 Å². The Morgan fingerprint density at radius 2 is 1.56 bits per heavy atom. The van der Waals surface area contributed by atoms with E-state index in [1.54, 1.807) is 11.6 Å². The van der Waals surface area contributed by atoms with Crippen LogP contribution in [-0.2, 0) is 30.2 Å². The summed E-state index contributed by atoms with van der Waals surface area (Å²) in [6.45, 7) is 14.2. The van der Waals surface area contributed by atoms with E-state index in [0.717, 1.165) is 117 Å². The maximum Gasteiger partial charge on any atom is 0.329 e. The first-order valence-corrected chi connectivity index (χ1v) is 24.6. The molecule has 8 heterocycles. The molecule has 4 aliphatic rings. The number of hydrogen-bond acceptors (Lipinski definition) is 10. The van der Waals surface area contributed by atoms with Crippen LogP contribution < -0.4 is 16.7 Å². The average Bonchev–Trinajstić information content (AvgIpc) is 3.81. The molecule has 4 aromatic heterocycles. The highest BCUT2D eigenvalue weighted by molar-refractivity contribution is 6.00. The molecule has 15 nitrogen and oxygen atoms in total. The van der Waals surface area contributed by atoms with Gasteiger partial charge in [0.2, 0.25) is 11.8 Å². The molecule has 4 fully saturated rings. The van der Waals surface area contributed by atoms with Crippen molar-refractivity contribution in [1.29, 1.82) is 0 Å². The molecule has 4 atom stereocenters. The van der Waals surface area contributed by atoms with Gasteiger partial charge < -0.3 is 15.2 Å². The van der Waals surface area contributed by atoms with Crippen LogP contribution in [0.1, 0.15) is 104 Å². The van der Waals surface area contributed by atoms with E-state index in [1.807, 2.05) is 30.6 Å². The first kappa shape index (κ1) is 45.6. The summed E-state index contributed by atoms with van der Waals surface area (Å²) in [6.07, 6.45) is 8.41. The molecule has 10 rings (SSSR count). The number of imidazole rings is 1. The summed E-state index contributed by atoms with van der Waals surface area (Å²) >= 11 is 0. The number of likely N-dealkylation sites (tertiary alicyclic amines) is 2. The molecule has 0 bridgehead atoms. The molecule has 15 heteroatoms. The lowest BCUT2D eigenvalue weighted by atomic mass is 9.88. The molecular formula is C53H65N11O4. The van der Waals surface area contributed by atoms with Crippen molar-refractivity contribution < 1.29 is 14.4 Å². The van der Waals surface area contributed by atoms with Gasteiger partial charge in [-0.2, -0.15) is 0 Å². The zero-order valence-corrected chi connectivity index (χ0v) is 40.1. The van der Waals surface area contributed by atoms with Gasteiger partial charge in [0.25, 0.3) is 5.91 Å². The van der Waals surface area contributed by atoms with Crippen LogP contribution >= 0.6 is 0 Å². The number of anilines is 1. The predicted octanol–water partition coefficient (Wildman–Crippen LogP) is 6.24. The Bertz CT molecular complexity index is 2890. The van der Waals surface area contributed by atoms with E-state index in [-0.39, 0.29) is 30.0 Å². The molecule has 68 heavy (non-hydrogen) atoms. The molecule has 4 saturated heterocycles. The Morgan fingerprint density at radius 3 is 2.25 bits per heavy atom. The third-order valence-corrected chi connectivity index (χ3v) is 15.8. The van der Waals surface area contributed by atoms with Gasteiger partial charge in [0.1, 0.15) is 17.5 Å². The van der Waals surface area contributed by atoms with Crippen LogP contribution in [0.25, 0.3) is 33.2 Å². The van der Waals surface area contributed by atoms with E-state index >= 15 is 0 Å². The molecule has 356 valence electrons. The number of nitrogens with one attached hydrogen (secondary N) is 1. The highest BCUT2D eigenvalue weighted by Gasteiger charge is 2.35. The fourth-order valence-corrected chi connectivity index (χ4v) is 11.9. The van der Waals surface area contributed by atoms with Crippen LogP contribution in [0.5, 0.6) is 0 Å². The van der Waals surface area contributed by atoms with Gasteiger partial charge in [-0.25, -0.2) is 14.8 Å². The van der Waals surface area contributed by atoms with E-state index in [4.69, 9.17) is 10.7 Å². The minimum atomic E-state index is -0.691. The number of fused-ring (bicyclic) bond motifs is 2. The number of nitrogens with two attached hydrogens (primary N) is 1. The van der Waals surface area contributed by atoms with Crippen molar-refractivity contribution in [2.75, 3.05) is 51.5 Å². The number of piperidine rings is 3. The summed E-state index contributed by atoms with van der Waals surface area (Å²) < 4.78 is 5.38. The molecule has 2 aromatic carbocycles. The third-order valence-electron chi connectivity index (χ3n) is 15.8. The smallest absolute Gasteiger partial charge is 0.329 e. The second-order valence-corrected chi connectivity index (χ2v) is 20.1. The fourth-order valence-electron chi connectivity index (χ4n) is 11.9. The Labute approximate surface area is 397 Å². The van der Waals surface area contributed by atoms with Crippen LogP contribution in [0.2, 0.25) is 0 Å². The van der Waals surface area contributed by atoms with E-state index in [2.05, 4.69) is 111 Å². The number of piperazine rings is 1. The number of carbonyl (C=O) groups is 3. The lowest BCUT2D eigenvalue weighted by molar-refractivity contribution is -0.135. The van der Waals surface area contributed by atoms with Crippen LogP contribution in [0.15, 0.2) is 83.9 Å². The summed E-state index contributed by atoms with van der Waals surface area (Å²) in [5.74, 6) is 0.950. The van der Waals surface area contributed by atoms with Gasteiger partial charge in [-0.05, 0) is 143 Å². The number of hydrogen-bond donors (Lipinski definition) is 2. The fraction of sp³-hybridized carbons (Fsp3) is 0.472. The highest BCUT2D eigenvalue weighted by atomic mass is 16.2. The lowest BCUT2D eigenvalue weighted by Crippen LogP contribution is -2.57. The quantitative estimate of drug-likeness (QED) is 0.151. The summed E-state index contributed by atoms with van der Waals surface area (Å²) in [6, 6.07) is 23.1. The van der Waals surface area contributed by atoms with E-state index in [9.17, 15) is 19.2 Å². The molecule has 3 N–H and O–H groups in total. The standard InChI is InChI=1S/C53H65N11O4/c1-33-29-60(31-37-6-12-44-47(26-37)59(5)53(68)64(44)45-13-15-49(65)57-51(45)66)30-34(2)63(33)32-36-17-22-62(23-18-36)52(67)40-9-7-38(8-10-40)39-19-24-61(25-20-39)35(3)46-27-43-42(16-21-55-50(43)58(46)4)41-11-14-48(54)56-28-41/h6-12,14,16,21,26-28,33-36,39,45H,13,15,17-20,22-25,29-32H2,1-5H3,(H2,54,56)(H,57,65,66)/t33-,34+,35-,45?/m0/s1. The summed E-state index contributed by atoms with van der Waals surface area (Å²) in [5.41, 5.74) is 14.7. The SMILES string of the molecule is C[C@@H]1CN(Cc2ccc3c(c2)n(C)c(=O)n3C2CCC(=O)NC2=O)C[C@H](C)N1CC1CCN(C(=O)c2ccc(C3CCN([C@@H](C)c4cc5c(-c6ccc(N)nc6)ccnc5n4C)CC3)cc2)CC1. The number of pyridine rings is 2. The average molecular weight is 920 g/mol. The Kier molecular flexibility index (Phi) is 12.6. The molecule has 4 aliphatic heterocycles. The number of carbonyl (C=O) groups excluding carboxylic acids is 3. The monoisotopic (exact) mass is 920 g/mol. The number of aryl methyl sites for hydroxylation is 2. The normalized spacial score (nSPS) is 22.3.